The van der Waals surface area contributed by atoms with Crippen molar-refractivity contribution in [3.05, 3.63) is 0 Å². The summed E-state index contributed by atoms with van der Waals surface area (Å²) in [6, 6.07) is 0. The lowest BCUT2D eigenvalue weighted by Crippen LogP contribution is -2.45. The minimum Gasteiger partial charge on any atom is -0.347 e. The predicted octanol–water partition coefficient (Wildman–Crippen LogP) is 0.147. The van der Waals surface area contributed by atoms with Crippen LogP contribution in [0.25, 0.3) is 0 Å². The summed E-state index contributed by atoms with van der Waals surface area (Å²) in [4.78, 5) is 49.3. The van der Waals surface area contributed by atoms with Crippen LogP contribution in [-0.2, 0) is 19.2 Å². The average Bonchev–Trinajstić information content (AvgIpc) is 2.43. The molecule has 0 fully saturated rings. The molecule has 0 aromatic heterocycles. The van der Waals surface area contributed by atoms with Crippen molar-refractivity contribution in [1.82, 2.24) is 15.1 Å². The highest BCUT2D eigenvalue weighted by Crippen LogP contribution is 1.98. The van der Waals surface area contributed by atoms with E-state index in [1.165, 1.54) is 23.9 Å². The lowest BCUT2D eigenvalue weighted by Gasteiger charge is -2.22. The molecule has 0 aliphatic heterocycles. The number of carbonyl (C=O) groups excluding carboxylic acids is 4. The number of nitrogens with zero attached hydrogens (tertiary/aromatic N) is 2. The van der Waals surface area contributed by atoms with Crippen molar-refractivity contribution in [3.8, 4) is 0 Å². The summed E-state index contributed by atoms with van der Waals surface area (Å²) in [6.07, 6.45) is 0. The molecule has 0 bridgehead atoms. The van der Waals surface area contributed by atoms with Crippen molar-refractivity contribution in [2.75, 3.05) is 33.7 Å². The molecule has 0 aliphatic carbocycles. The Morgan fingerprint density at radius 3 is 1.82 bits per heavy atom. The van der Waals surface area contributed by atoms with Crippen molar-refractivity contribution in [1.29, 1.82) is 0 Å². The molecule has 0 aromatic rings. The van der Waals surface area contributed by atoms with E-state index in [4.69, 9.17) is 0 Å². The molecule has 0 saturated carbocycles. The third kappa shape index (κ3) is 7.19. The summed E-state index contributed by atoms with van der Waals surface area (Å²) in [7, 11) is 3.02. The maximum absolute atomic E-state index is 12.0. The van der Waals surface area contributed by atoms with Gasteiger partial charge in [-0.2, -0.15) is 0 Å². The van der Waals surface area contributed by atoms with Gasteiger partial charge in [0.1, 0.15) is 0 Å². The van der Waals surface area contributed by atoms with Crippen LogP contribution in [0.4, 0.5) is 0 Å². The average molecular weight is 315 g/mol. The van der Waals surface area contributed by atoms with E-state index in [0.29, 0.717) is 0 Å². The zero-order valence-corrected chi connectivity index (χ0v) is 14.3. The normalized spacial score (nSPS) is 10.5. The first-order chi connectivity index (χ1) is 10.1. The van der Waals surface area contributed by atoms with Gasteiger partial charge in [0.05, 0.1) is 19.6 Å². The van der Waals surface area contributed by atoms with Crippen LogP contribution in [-0.4, -0.2) is 67.0 Å². The molecule has 7 heteroatoms. The zero-order valence-electron chi connectivity index (χ0n) is 14.3. The second-order valence-electron chi connectivity index (χ2n) is 5.99. The second-order valence-corrected chi connectivity index (χ2v) is 5.99. The lowest BCUT2D eigenvalue weighted by atomic mass is 10.1. The molecule has 3 amide bonds. The summed E-state index contributed by atoms with van der Waals surface area (Å²) in [6.45, 7) is 6.76. The van der Waals surface area contributed by atoms with Gasteiger partial charge in [0.2, 0.25) is 17.7 Å². The molecule has 0 spiro atoms. The fourth-order valence-corrected chi connectivity index (χ4v) is 1.42. The maximum Gasteiger partial charge on any atom is 0.242 e. The molecule has 128 valence electrons. The van der Waals surface area contributed by atoms with E-state index in [1.807, 2.05) is 0 Å². The molecule has 22 heavy (non-hydrogen) atoms. The fraction of sp³-hybridized carbons (Fsp3) is 0.733. The minimum atomic E-state index is -0.356. The molecule has 0 aromatic carbocycles. The standard InChI is InChI=1S/C15H27N3O4.H2/c1-10(2)12(19)8-17(5)14(21)9-18(6)13(20)7-16-15(22)11(3)4;/h10-11H,7-9H2,1-6H3,(H,16,22);1H. The summed E-state index contributed by atoms with van der Waals surface area (Å²) in [5.74, 6) is -1.26. The number of Topliss-reactive ketones (excluding diaryl/α,β-unsaturated/α-hetero) is 1. The van der Waals surface area contributed by atoms with Crippen molar-refractivity contribution >= 4 is 23.5 Å². The first-order valence-corrected chi connectivity index (χ1v) is 7.34. The summed E-state index contributed by atoms with van der Waals surface area (Å²) >= 11 is 0. The van der Waals surface area contributed by atoms with Gasteiger partial charge in [-0.25, -0.2) is 0 Å². The Balaban J connectivity index is 0. The second kappa shape index (κ2) is 9.17. The Labute approximate surface area is 133 Å². The van der Waals surface area contributed by atoms with Gasteiger partial charge in [-0.15, -0.1) is 0 Å². The number of ketones is 1. The van der Waals surface area contributed by atoms with Crippen LogP contribution in [0.1, 0.15) is 29.1 Å². The van der Waals surface area contributed by atoms with E-state index >= 15 is 0 Å². The first-order valence-electron chi connectivity index (χ1n) is 7.34. The van der Waals surface area contributed by atoms with Crippen molar-refractivity contribution in [2.24, 2.45) is 11.8 Å². The number of likely N-dealkylation sites (N-methyl/N-ethyl adjacent to an activating group) is 2. The number of carbonyl (C=O) groups is 4. The monoisotopic (exact) mass is 315 g/mol. The van der Waals surface area contributed by atoms with Gasteiger partial charge in [-0.3, -0.25) is 19.2 Å². The molecule has 0 saturated heterocycles. The zero-order chi connectivity index (χ0) is 17.4. The van der Waals surface area contributed by atoms with Crippen molar-refractivity contribution in [2.45, 2.75) is 27.7 Å². The van der Waals surface area contributed by atoms with E-state index < -0.39 is 0 Å². The third-order valence-corrected chi connectivity index (χ3v) is 3.20. The molecule has 0 aliphatic rings. The molecule has 1 N–H and O–H groups in total. The lowest BCUT2D eigenvalue weighted by molar-refractivity contribution is -0.140. The molecule has 0 radical (unpaired) electrons. The Kier molecular flexibility index (Phi) is 8.37. The number of rotatable bonds is 8. The molecular weight excluding hydrogens is 286 g/mol. The highest BCUT2D eigenvalue weighted by Gasteiger charge is 2.19. The van der Waals surface area contributed by atoms with Gasteiger partial charge in [0, 0.05) is 27.4 Å². The third-order valence-electron chi connectivity index (χ3n) is 3.20. The fourth-order valence-electron chi connectivity index (χ4n) is 1.42. The van der Waals surface area contributed by atoms with E-state index in [-0.39, 0.29) is 56.4 Å². The van der Waals surface area contributed by atoms with Crippen LogP contribution in [0.5, 0.6) is 0 Å². The highest BCUT2D eigenvalue weighted by molar-refractivity contribution is 5.90. The number of hydrogen-bond donors (Lipinski definition) is 1. The van der Waals surface area contributed by atoms with Crippen LogP contribution in [0.3, 0.4) is 0 Å². The van der Waals surface area contributed by atoms with Gasteiger partial charge in [0.25, 0.3) is 0 Å². The number of nitrogens with one attached hydrogen (secondary N) is 1. The summed E-state index contributed by atoms with van der Waals surface area (Å²) in [5, 5.41) is 2.50. The van der Waals surface area contributed by atoms with Crippen LogP contribution in [0.15, 0.2) is 0 Å². The van der Waals surface area contributed by atoms with E-state index in [1.54, 1.807) is 27.7 Å². The molecule has 0 heterocycles. The van der Waals surface area contributed by atoms with Gasteiger partial charge in [-0.05, 0) is 0 Å². The van der Waals surface area contributed by atoms with Crippen LogP contribution >= 0.6 is 0 Å². The number of amides is 3. The highest BCUT2D eigenvalue weighted by atomic mass is 16.2. The Hall–Kier alpha value is -1.92. The smallest absolute Gasteiger partial charge is 0.242 e. The number of hydrogen-bond acceptors (Lipinski definition) is 4. The molecule has 0 atom stereocenters. The van der Waals surface area contributed by atoms with E-state index in [0.717, 1.165) is 0 Å². The maximum atomic E-state index is 12.0. The predicted molar refractivity (Wildman–Crippen MR) is 85.1 cm³/mol. The Morgan fingerprint density at radius 2 is 1.36 bits per heavy atom. The summed E-state index contributed by atoms with van der Waals surface area (Å²) in [5.41, 5.74) is 0. The van der Waals surface area contributed by atoms with E-state index in [2.05, 4.69) is 5.32 Å². The first kappa shape index (κ1) is 20.1. The molecule has 0 unspecified atom stereocenters. The molecule has 7 nitrogen and oxygen atoms in total. The van der Waals surface area contributed by atoms with Crippen LogP contribution < -0.4 is 5.32 Å². The van der Waals surface area contributed by atoms with Gasteiger partial charge >= 0.3 is 0 Å². The van der Waals surface area contributed by atoms with Crippen LogP contribution in [0, 0.1) is 11.8 Å². The Morgan fingerprint density at radius 1 is 0.864 bits per heavy atom. The molecular formula is C15H29N3O4. The van der Waals surface area contributed by atoms with Gasteiger partial charge in [-0.1, -0.05) is 27.7 Å². The topological polar surface area (TPSA) is 86.8 Å². The van der Waals surface area contributed by atoms with E-state index in [9.17, 15) is 19.2 Å². The van der Waals surface area contributed by atoms with Crippen LogP contribution in [0.2, 0.25) is 0 Å². The van der Waals surface area contributed by atoms with Gasteiger partial charge in [0.15, 0.2) is 5.78 Å². The quantitative estimate of drug-likeness (QED) is 0.690. The van der Waals surface area contributed by atoms with Gasteiger partial charge < -0.3 is 15.1 Å². The summed E-state index contributed by atoms with van der Waals surface area (Å²) < 4.78 is 0. The van der Waals surface area contributed by atoms with Crippen molar-refractivity contribution in [3.63, 3.8) is 0 Å². The molecule has 0 rings (SSSR count). The minimum absolute atomic E-state index is 0. The Bertz CT molecular complexity index is 438. The SMILES string of the molecule is CC(C)C(=O)CN(C)C(=O)CN(C)C(=O)CNC(=O)C(C)C.[HH]. The largest absolute Gasteiger partial charge is 0.347 e. The van der Waals surface area contributed by atoms with Crippen molar-refractivity contribution < 1.29 is 20.6 Å².